The number of esters is 3. The molecule has 0 aromatic heterocycles. The molecule has 0 aliphatic heterocycles. The van der Waals surface area contributed by atoms with Gasteiger partial charge in [-0.15, -0.1) is 11.6 Å². The maximum atomic E-state index is 12.0. The van der Waals surface area contributed by atoms with Gasteiger partial charge in [-0.05, 0) is 48.5 Å². The molecule has 0 atom stereocenters. The highest BCUT2D eigenvalue weighted by molar-refractivity contribution is 6.26. The summed E-state index contributed by atoms with van der Waals surface area (Å²) in [5.74, 6) is -1.35. The number of benzene rings is 2. The van der Waals surface area contributed by atoms with E-state index < -0.39 is 17.9 Å². The fourth-order valence-corrected chi connectivity index (χ4v) is 1.82. The summed E-state index contributed by atoms with van der Waals surface area (Å²) in [6, 6.07) is 11.8. The molecule has 0 radical (unpaired) electrons. The molecule has 0 heterocycles. The average Bonchev–Trinajstić information content (AvgIpc) is 2.62. The second-order valence-electron chi connectivity index (χ2n) is 4.54. The Kier molecular flexibility index (Phi) is 5.92. The molecule has 0 fully saturated rings. The summed E-state index contributed by atoms with van der Waals surface area (Å²) in [6.45, 7) is 0. The Morgan fingerprint density at radius 2 is 1.25 bits per heavy atom. The van der Waals surface area contributed by atoms with E-state index in [4.69, 9.17) is 21.1 Å². The van der Waals surface area contributed by atoms with Crippen molar-refractivity contribution in [3.63, 3.8) is 0 Å². The van der Waals surface area contributed by atoms with Crippen molar-refractivity contribution in [3.8, 4) is 11.5 Å². The zero-order chi connectivity index (χ0) is 17.5. The maximum Gasteiger partial charge on any atom is 0.343 e. The quantitative estimate of drug-likeness (QED) is 0.469. The van der Waals surface area contributed by atoms with E-state index in [2.05, 4.69) is 4.74 Å². The van der Waals surface area contributed by atoms with Gasteiger partial charge in [-0.2, -0.15) is 0 Å². The minimum absolute atomic E-state index is 0.259. The van der Waals surface area contributed by atoms with Crippen LogP contribution in [0.4, 0.5) is 0 Å². The monoisotopic (exact) mass is 348 g/mol. The second kappa shape index (κ2) is 8.12. The lowest BCUT2D eigenvalue weighted by Crippen LogP contribution is -2.10. The van der Waals surface area contributed by atoms with Crippen LogP contribution >= 0.6 is 11.6 Å². The maximum absolute atomic E-state index is 12.0. The third-order valence-corrected chi connectivity index (χ3v) is 3.13. The molecule has 0 saturated carbocycles. The Bertz CT molecular complexity index is 737. The van der Waals surface area contributed by atoms with Gasteiger partial charge in [-0.1, -0.05) is 0 Å². The largest absolute Gasteiger partial charge is 0.465 e. The molecule has 0 unspecified atom stereocenters. The molecule has 0 spiro atoms. The number of methoxy groups -OCH3 is 1. The number of alkyl halides is 1. The van der Waals surface area contributed by atoms with Crippen molar-refractivity contribution < 1.29 is 28.6 Å². The van der Waals surface area contributed by atoms with Crippen LogP contribution in [-0.2, 0) is 9.53 Å². The molecule has 0 aliphatic carbocycles. The van der Waals surface area contributed by atoms with Gasteiger partial charge in [0, 0.05) is 0 Å². The predicted molar refractivity (Wildman–Crippen MR) is 85.5 cm³/mol. The second-order valence-corrected chi connectivity index (χ2v) is 4.80. The molecule has 0 bridgehead atoms. The summed E-state index contributed by atoms with van der Waals surface area (Å²) < 4.78 is 14.7. The molecule has 6 nitrogen and oxygen atoms in total. The first-order valence-electron chi connectivity index (χ1n) is 6.80. The Labute approximate surface area is 142 Å². The summed E-state index contributed by atoms with van der Waals surface area (Å²) >= 11 is 5.34. The summed E-state index contributed by atoms with van der Waals surface area (Å²) in [7, 11) is 1.28. The molecule has 0 N–H and O–H groups in total. The molecule has 0 amide bonds. The lowest BCUT2D eigenvalue weighted by atomic mass is 10.2. The first-order chi connectivity index (χ1) is 11.5. The number of hydrogen-bond donors (Lipinski definition) is 0. The molecule has 2 aromatic carbocycles. The van der Waals surface area contributed by atoms with Gasteiger partial charge in [0.2, 0.25) is 0 Å². The van der Waals surface area contributed by atoms with Crippen LogP contribution in [-0.4, -0.2) is 30.9 Å². The Morgan fingerprint density at radius 3 is 1.71 bits per heavy atom. The van der Waals surface area contributed by atoms with Crippen LogP contribution in [0.5, 0.6) is 11.5 Å². The van der Waals surface area contributed by atoms with Crippen LogP contribution in [0.1, 0.15) is 20.7 Å². The molecule has 7 heteroatoms. The summed E-state index contributed by atoms with van der Waals surface area (Å²) in [5.41, 5.74) is 0.625. The van der Waals surface area contributed by atoms with Gasteiger partial charge in [0.1, 0.15) is 17.4 Å². The van der Waals surface area contributed by atoms with Gasteiger partial charge < -0.3 is 14.2 Å². The smallest absolute Gasteiger partial charge is 0.343 e. The molecule has 0 aliphatic rings. The highest BCUT2D eigenvalue weighted by Crippen LogP contribution is 2.17. The number of halogens is 1. The number of carbonyl (C=O) groups excluding carboxylic acids is 3. The third-order valence-electron chi connectivity index (χ3n) is 2.92. The molecule has 2 aromatic rings. The molecular weight excluding hydrogens is 336 g/mol. The van der Waals surface area contributed by atoms with E-state index in [1.807, 2.05) is 0 Å². The van der Waals surface area contributed by atoms with E-state index in [1.165, 1.54) is 55.6 Å². The Hall–Kier alpha value is -2.86. The van der Waals surface area contributed by atoms with E-state index in [-0.39, 0.29) is 22.9 Å². The Morgan fingerprint density at radius 1 is 0.792 bits per heavy atom. The Balaban J connectivity index is 2.01. The SMILES string of the molecule is COC(=O)c1ccc(OC(=O)c2ccc(OC(=O)CCl)cc2)cc1. The van der Waals surface area contributed by atoms with Gasteiger partial charge in [0.05, 0.1) is 18.2 Å². The third kappa shape index (κ3) is 4.57. The van der Waals surface area contributed by atoms with Gasteiger partial charge in [0.25, 0.3) is 0 Å². The highest BCUT2D eigenvalue weighted by atomic mass is 35.5. The zero-order valence-corrected chi connectivity index (χ0v) is 13.4. The minimum Gasteiger partial charge on any atom is -0.465 e. The van der Waals surface area contributed by atoms with Crippen molar-refractivity contribution in [3.05, 3.63) is 59.7 Å². The van der Waals surface area contributed by atoms with E-state index >= 15 is 0 Å². The van der Waals surface area contributed by atoms with Crippen molar-refractivity contribution in [2.75, 3.05) is 13.0 Å². The van der Waals surface area contributed by atoms with Crippen LogP contribution in [0, 0.1) is 0 Å². The van der Waals surface area contributed by atoms with Crippen molar-refractivity contribution in [2.45, 2.75) is 0 Å². The molecule has 2 rings (SSSR count). The van der Waals surface area contributed by atoms with Gasteiger partial charge >= 0.3 is 17.9 Å². The highest BCUT2D eigenvalue weighted by Gasteiger charge is 2.11. The normalized spacial score (nSPS) is 9.92. The molecule has 124 valence electrons. The van der Waals surface area contributed by atoms with Gasteiger partial charge in [-0.3, -0.25) is 4.79 Å². The van der Waals surface area contributed by atoms with E-state index in [9.17, 15) is 14.4 Å². The topological polar surface area (TPSA) is 78.9 Å². The molecular formula is C17H13ClO6. The van der Waals surface area contributed by atoms with Crippen LogP contribution < -0.4 is 9.47 Å². The zero-order valence-electron chi connectivity index (χ0n) is 12.7. The van der Waals surface area contributed by atoms with Crippen LogP contribution in [0.15, 0.2) is 48.5 Å². The molecule has 24 heavy (non-hydrogen) atoms. The van der Waals surface area contributed by atoms with Crippen molar-refractivity contribution in [1.82, 2.24) is 0 Å². The standard InChI is InChI=1S/C17H13ClO6/c1-22-16(20)11-2-8-14(9-3-11)24-17(21)12-4-6-13(7-5-12)23-15(19)10-18/h2-9H,10H2,1H3. The van der Waals surface area contributed by atoms with E-state index in [0.29, 0.717) is 5.56 Å². The predicted octanol–water partition coefficient (Wildman–Crippen LogP) is 2.84. The lowest BCUT2D eigenvalue weighted by molar-refractivity contribution is -0.131. The van der Waals surface area contributed by atoms with Crippen molar-refractivity contribution >= 4 is 29.5 Å². The number of carbonyl (C=O) groups is 3. The first-order valence-corrected chi connectivity index (χ1v) is 7.34. The fourth-order valence-electron chi connectivity index (χ4n) is 1.76. The van der Waals surface area contributed by atoms with Crippen molar-refractivity contribution in [2.24, 2.45) is 0 Å². The summed E-state index contributed by atoms with van der Waals surface area (Å²) in [6.07, 6.45) is 0. The molecule has 0 saturated heterocycles. The number of ether oxygens (including phenoxy) is 3. The summed E-state index contributed by atoms with van der Waals surface area (Å²) in [5, 5.41) is 0. The van der Waals surface area contributed by atoms with Crippen molar-refractivity contribution in [1.29, 1.82) is 0 Å². The minimum atomic E-state index is -0.587. The van der Waals surface area contributed by atoms with Gasteiger partial charge in [0.15, 0.2) is 0 Å². The van der Waals surface area contributed by atoms with Crippen LogP contribution in [0.2, 0.25) is 0 Å². The lowest BCUT2D eigenvalue weighted by Gasteiger charge is -2.06. The fraction of sp³-hybridized carbons (Fsp3) is 0.118. The van der Waals surface area contributed by atoms with E-state index in [1.54, 1.807) is 0 Å². The van der Waals surface area contributed by atoms with Gasteiger partial charge in [-0.25, -0.2) is 9.59 Å². The first kappa shape index (κ1) is 17.5. The summed E-state index contributed by atoms with van der Waals surface area (Å²) in [4.78, 5) is 34.4. The van der Waals surface area contributed by atoms with Crippen LogP contribution in [0.25, 0.3) is 0 Å². The average molecular weight is 349 g/mol. The van der Waals surface area contributed by atoms with Crippen LogP contribution in [0.3, 0.4) is 0 Å². The van der Waals surface area contributed by atoms with E-state index in [0.717, 1.165) is 0 Å². The number of rotatable bonds is 5. The number of hydrogen-bond acceptors (Lipinski definition) is 6.